The highest BCUT2D eigenvalue weighted by Gasteiger charge is 2.18. The van der Waals surface area contributed by atoms with E-state index < -0.39 is 10.0 Å². The first kappa shape index (κ1) is 20.0. The Kier molecular flexibility index (Phi) is 5.81. The Bertz CT molecular complexity index is 1100. The molecule has 146 valence electrons. The molecule has 28 heavy (non-hydrogen) atoms. The molecule has 1 aromatic heterocycles. The van der Waals surface area contributed by atoms with Crippen LogP contribution in [-0.4, -0.2) is 19.3 Å². The molecule has 0 unspecified atom stereocenters. The molecule has 0 bridgehead atoms. The van der Waals surface area contributed by atoms with Crippen molar-refractivity contribution in [2.45, 2.75) is 32.2 Å². The highest BCUT2D eigenvalue weighted by Crippen LogP contribution is 2.27. The van der Waals surface area contributed by atoms with Crippen molar-refractivity contribution in [2.75, 3.05) is 4.72 Å². The third kappa shape index (κ3) is 4.76. The Morgan fingerprint density at radius 1 is 1.11 bits per heavy atom. The van der Waals surface area contributed by atoms with Gasteiger partial charge < -0.3 is 5.32 Å². The molecule has 0 aliphatic rings. The molecule has 0 saturated carbocycles. The van der Waals surface area contributed by atoms with Crippen LogP contribution >= 0.6 is 11.3 Å². The van der Waals surface area contributed by atoms with Crippen molar-refractivity contribution >= 4 is 32.4 Å². The zero-order valence-corrected chi connectivity index (χ0v) is 17.4. The Labute approximate surface area is 168 Å². The summed E-state index contributed by atoms with van der Waals surface area (Å²) in [6.07, 6.45) is 0. The van der Waals surface area contributed by atoms with Gasteiger partial charge in [0.1, 0.15) is 0 Å². The van der Waals surface area contributed by atoms with E-state index in [0.717, 1.165) is 16.7 Å². The number of nitrogens with one attached hydrogen (secondary N) is 2. The predicted molar refractivity (Wildman–Crippen MR) is 112 cm³/mol. The second-order valence-electron chi connectivity index (χ2n) is 6.52. The van der Waals surface area contributed by atoms with Crippen molar-refractivity contribution in [1.82, 2.24) is 10.3 Å². The zero-order chi connectivity index (χ0) is 20.3. The van der Waals surface area contributed by atoms with E-state index >= 15 is 0 Å². The van der Waals surface area contributed by atoms with Gasteiger partial charge in [0.15, 0.2) is 5.13 Å². The lowest BCUT2D eigenvalue weighted by Gasteiger charge is -2.08. The Morgan fingerprint density at radius 3 is 2.46 bits per heavy atom. The average molecular weight is 416 g/mol. The molecule has 0 radical (unpaired) electrons. The predicted octanol–water partition coefficient (Wildman–Crippen LogP) is 3.86. The number of sulfonamides is 1. The Balaban J connectivity index is 1.76. The van der Waals surface area contributed by atoms with E-state index in [2.05, 4.69) is 15.0 Å². The summed E-state index contributed by atoms with van der Waals surface area (Å²) >= 11 is 1.23. The number of rotatable bonds is 6. The van der Waals surface area contributed by atoms with Crippen molar-refractivity contribution < 1.29 is 13.2 Å². The summed E-state index contributed by atoms with van der Waals surface area (Å²) < 4.78 is 27.9. The van der Waals surface area contributed by atoms with Gasteiger partial charge in [-0.2, -0.15) is 0 Å². The first-order chi connectivity index (χ1) is 13.2. The van der Waals surface area contributed by atoms with Crippen LogP contribution in [0.15, 0.2) is 52.7 Å². The number of thiazole rings is 1. The summed E-state index contributed by atoms with van der Waals surface area (Å²) in [5.74, 6) is -0.0793. The number of carbonyl (C=O) groups excluding carboxylic acids is 1. The SMILES string of the molecule is CC(=O)NCc1ccc(-c2csc(NS(=O)(=O)c3ccc(C)cc3C)n2)cc1. The lowest BCUT2D eigenvalue weighted by atomic mass is 10.1. The molecule has 6 nitrogen and oxygen atoms in total. The van der Waals surface area contributed by atoms with Crippen LogP contribution in [0.5, 0.6) is 0 Å². The van der Waals surface area contributed by atoms with Gasteiger partial charge in [-0.25, -0.2) is 13.4 Å². The van der Waals surface area contributed by atoms with Crippen LogP contribution in [0.2, 0.25) is 0 Å². The third-order valence-electron chi connectivity index (χ3n) is 4.14. The molecule has 8 heteroatoms. The van der Waals surface area contributed by atoms with E-state index in [-0.39, 0.29) is 10.8 Å². The number of hydrogen-bond acceptors (Lipinski definition) is 5. The number of aryl methyl sites for hydroxylation is 2. The average Bonchev–Trinajstić information content (AvgIpc) is 3.07. The normalized spacial score (nSPS) is 11.2. The third-order valence-corrected chi connectivity index (χ3v) is 6.52. The number of amides is 1. The molecule has 3 aromatic rings. The number of aromatic nitrogens is 1. The minimum Gasteiger partial charge on any atom is -0.352 e. The molecule has 3 rings (SSSR count). The van der Waals surface area contributed by atoms with Crippen LogP contribution in [0, 0.1) is 13.8 Å². The van der Waals surface area contributed by atoms with Crippen LogP contribution in [0.1, 0.15) is 23.6 Å². The summed E-state index contributed by atoms with van der Waals surface area (Å²) in [6.45, 7) is 5.64. The molecule has 2 aromatic carbocycles. The number of hydrogen-bond donors (Lipinski definition) is 2. The highest BCUT2D eigenvalue weighted by molar-refractivity contribution is 7.93. The van der Waals surface area contributed by atoms with E-state index in [0.29, 0.717) is 22.9 Å². The molecular weight excluding hydrogens is 394 g/mol. The first-order valence-electron chi connectivity index (χ1n) is 8.64. The lowest BCUT2D eigenvalue weighted by molar-refractivity contribution is -0.119. The molecule has 1 heterocycles. The first-order valence-corrected chi connectivity index (χ1v) is 11.0. The van der Waals surface area contributed by atoms with Crippen molar-refractivity contribution in [3.8, 4) is 11.3 Å². The molecule has 0 atom stereocenters. The molecule has 0 aliphatic carbocycles. The standard InChI is InChI=1S/C20H21N3O3S2/c1-13-4-9-19(14(2)10-13)28(25,26)23-20-22-18(12-27-20)17-7-5-16(6-8-17)11-21-15(3)24/h4-10,12H,11H2,1-3H3,(H,21,24)(H,22,23). The smallest absolute Gasteiger partial charge is 0.263 e. The zero-order valence-electron chi connectivity index (χ0n) is 15.8. The minimum absolute atomic E-state index is 0.0793. The van der Waals surface area contributed by atoms with Gasteiger partial charge >= 0.3 is 0 Å². The number of benzene rings is 2. The number of anilines is 1. The van der Waals surface area contributed by atoms with Gasteiger partial charge in [0.2, 0.25) is 5.91 Å². The maximum Gasteiger partial charge on any atom is 0.263 e. The highest BCUT2D eigenvalue weighted by atomic mass is 32.2. The fraction of sp³-hybridized carbons (Fsp3) is 0.200. The van der Waals surface area contributed by atoms with Crippen LogP contribution in [0.25, 0.3) is 11.3 Å². The second kappa shape index (κ2) is 8.12. The van der Waals surface area contributed by atoms with E-state index in [1.807, 2.05) is 42.6 Å². The quantitative estimate of drug-likeness (QED) is 0.640. The monoisotopic (exact) mass is 415 g/mol. The largest absolute Gasteiger partial charge is 0.352 e. The van der Waals surface area contributed by atoms with Gasteiger partial charge in [-0.15, -0.1) is 11.3 Å². The molecule has 0 spiro atoms. The van der Waals surface area contributed by atoms with Gasteiger partial charge in [0.25, 0.3) is 10.0 Å². The van der Waals surface area contributed by atoms with Crippen LogP contribution in [-0.2, 0) is 21.4 Å². The number of nitrogens with zero attached hydrogens (tertiary/aromatic N) is 1. The van der Waals surface area contributed by atoms with Gasteiger partial charge in [-0.05, 0) is 31.0 Å². The lowest BCUT2D eigenvalue weighted by Crippen LogP contribution is -2.18. The van der Waals surface area contributed by atoms with Crippen LogP contribution in [0.3, 0.4) is 0 Å². The summed E-state index contributed by atoms with van der Waals surface area (Å²) in [7, 11) is -3.69. The molecule has 1 amide bonds. The molecule has 0 fully saturated rings. The minimum atomic E-state index is -3.69. The van der Waals surface area contributed by atoms with Crippen molar-refractivity contribution in [3.05, 3.63) is 64.5 Å². The fourth-order valence-electron chi connectivity index (χ4n) is 2.74. The summed E-state index contributed by atoms with van der Waals surface area (Å²) in [6, 6.07) is 12.8. The van der Waals surface area contributed by atoms with E-state index in [9.17, 15) is 13.2 Å². The summed E-state index contributed by atoms with van der Waals surface area (Å²) in [5, 5.41) is 4.87. The maximum atomic E-state index is 12.7. The molecular formula is C20H21N3O3S2. The van der Waals surface area contributed by atoms with Gasteiger partial charge in [0, 0.05) is 24.4 Å². The maximum absolute atomic E-state index is 12.7. The van der Waals surface area contributed by atoms with Crippen molar-refractivity contribution in [2.24, 2.45) is 0 Å². The van der Waals surface area contributed by atoms with Gasteiger partial charge in [-0.3, -0.25) is 9.52 Å². The Hall–Kier alpha value is -2.71. The van der Waals surface area contributed by atoms with E-state index in [1.165, 1.54) is 18.3 Å². The summed E-state index contributed by atoms with van der Waals surface area (Å²) in [5.41, 5.74) is 4.24. The van der Waals surface area contributed by atoms with Crippen molar-refractivity contribution in [1.29, 1.82) is 0 Å². The van der Waals surface area contributed by atoms with Gasteiger partial charge in [-0.1, -0.05) is 42.0 Å². The van der Waals surface area contributed by atoms with E-state index in [4.69, 9.17) is 0 Å². The van der Waals surface area contributed by atoms with E-state index in [1.54, 1.807) is 19.1 Å². The molecule has 0 saturated heterocycles. The molecule has 2 N–H and O–H groups in total. The molecule has 0 aliphatic heterocycles. The van der Waals surface area contributed by atoms with Crippen LogP contribution in [0.4, 0.5) is 5.13 Å². The topological polar surface area (TPSA) is 88.2 Å². The second-order valence-corrected chi connectivity index (χ2v) is 9.03. The van der Waals surface area contributed by atoms with Crippen LogP contribution < -0.4 is 10.0 Å². The fourth-order valence-corrected chi connectivity index (χ4v) is 4.94. The van der Waals surface area contributed by atoms with Gasteiger partial charge in [0.05, 0.1) is 10.6 Å². The summed E-state index contributed by atoms with van der Waals surface area (Å²) in [4.78, 5) is 15.6. The van der Waals surface area contributed by atoms with Crippen molar-refractivity contribution in [3.63, 3.8) is 0 Å². The Morgan fingerprint density at radius 2 is 1.82 bits per heavy atom. The number of carbonyl (C=O) groups is 1.